The van der Waals surface area contributed by atoms with E-state index < -0.39 is 5.82 Å². The van der Waals surface area contributed by atoms with Gasteiger partial charge in [0.1, 0.15) is 5.82 Å². The van der Waals surface area contributed by atoms with Crippen LogP contribution in [0.2, 0.25) is 5.02 Å². The highest BCUT2D eigenvalue weighted by atomic mass is 35.5. The number of benzene rings is 1. The van der Waals surface area contributed by atoms with Crippen molar-refractivity contribution in [2.45, 2.75) is 13.8 Å². The zero-order valence-electron chi connectivity index (χ0n) is 9.89. The Kier molecular flexibility index (Phi) is 5.22. The first kappa shape index (κ1) is 13.8. The van der Waals surface area contributed by atoms with E-state index in [1.165, 1.54) is 12.1 Å². The monoisotopic (exact) mass is 258 g/mol. The van der Waals surface area contributed by atoms with Gasteiger partial charge in [0.25, 0.3) is 0 Å². The average molecular weight is 259 g/mol. The smallest absolute Gasteiger partial charge is 0.239 e. The van der Waals surface area contributed by atoms with Gasteiger partial charge in [-0.25, -0.2) is 4.39 Å². The molecule has 0 saturated heterocycles. The maximum Gasteiger partial charge on any atom is 0.239 e. The van der Waals surface area contributed by atoms with Crippen molar-refractivity contribution in [1.29, 1.82) is 0 Å². The summed E-state index contributed by atoms with van der Waals surface area (Å²) in [6, 6.07) is 4.38. The first-order valence-corrected chi connectivity index (χ1v) is 5.83. The van der Waals surface area contributed by atoms with Crippen LogP contribution in [0.5, 0.6) is 0 Å². The van der Waals surface area contributed by atoms with Gasteiger partial charge >= 0.3 is 0 Å². The maximum absolute atomic E-state index is 13.3. The molecule has 17 heavy (non-hydrogen) atoms. The second kappa shape index (κ2) is 6.45. The number of hydrogen-bond acceptors (Lipinski definition) is 2. The molecule has 3 nitrogen and oxygen atoms in total. The van der Waals surface area contributed by atoms with E-state index in [2.05, 4.69) is 10.6 Å². The van der Waals surface area contributed by atoms with Crippen LogP contribution in [-0.2, 0) is 4.79 Å². The topological polar surface area (TPSA) is 41.1 Å². The van der Waals surface area contributed by atoms with Gasteiger partial charge in [-0.1, -0.05) is 31.5 Å². The quantitative estimate of drug-likeness (QED) is 0.853. The van der Waals surface area contributed by atoms with E-state index in [0.29, 0.717) is 12.5 Å². The van der Waals surface area contributed by atoms with Crippen molar-refractivity contribution in [3.8, 4) is 0 Å². The third-order valence-corrected chi connectivity index (χ3v) is 2.41. The summed E-state index contributed by atoms with van der Waals surface area (Å²) in [7, 11) is 0. The van der Waals surface area contributed by atoms with Crippen molar-refractivity contribution >= 4 is 23.2 Å². The summed E-state index contributed by atoms with van der Waals surface area (Å²) in [5.74, 6) is -0.261. The number of anilines is 1. The van der Waals surface area contributed by atoms with E-state index in [4.69, 9.17) is 11.6 Å². The minimum atomic E-state index is -0.464. The van der Waals surface area contributed by atoms with Crippen LogP contribution in [0.25, 0.3) is 0 Å². The molecular weight excluding hydrogens is 243 g/mol. The zero-order chi connectivity index (χ0) is 12.8. The van der Waals surface area contributed by atoms with E-state index in [0.717, 1.165) is 0 Å². The molecule has 0 spiro atoms. The molecule has 0 radical (unpaired) electrons. The van der Waals surface area contributed by atoms with Gasteiger partial charge in [0.05, 0.1) is 17.3 Å². The minimum absolute atomic E-state index is 0.00731. The Morgan fingerprint density at radius 1 is 1.47 bits per heavy atom. The molecule has 2 N–H and O–H groups in total. The fourth-order valence-corrected chi connectivity index (χ4v) is 1.45. The summed E-state index contributed by atoms with van der Waals surface area (Å²) in [6.45, 7) is 4.61. The third kappa shape index (κ3) is 4.61. The maximum atomic E-state index is 13.3. The highest BCUT2D eigenvalue weighted by molar-refractivity contribution is 6.33. The number of para-hydroxylation sites is 1. The fourth-order valence-electron chi connectivity index (χ4n) is 1.22. The average Bonchev–Trinajstić information content (AvgIpc) is 2.25. The molecule has 0 heterocycles. The number of hydrogen-bond donors (Lipinski definition) is 2. The SMILES string of the molecule is CC(C)CNC(=O)CNc1c(F)cccc1Cl. The summed E-state index contributed by atoms with van der Waals surface area (Å²) in [5.41, 5.74) is 0.161. The largest absolute Gasteiger partial charge is 0.373 e. The predicted octanol–water partition coefficient (Wildman–Crippen LogP) is 2.66. The van der Waals surface area contributed by atoms with Gasteiger partial charge in [0.2, 0.25) is 5.91 Å². The molecule has 1 amide bonds. The summed E-state index contributed by atoms with van der Waals surface area (Å²) >= 11 is 5.81. The number of rotatable bonds is 5. The second-order valence-electron chi connectivity index (χ2n) is 4.15. The van der Waals surface area contributed by atoms with Crippen LogP contribution in [0.3, 0.4) is 0 Å². The van der Waals surface area contributed by atoms with Gasteiger partial charge in [-0.3, -0.25) is 4.79 Å². The van der Waals surface area contributed by atoms with Crippen molar-refractivity contribution in [3.63, 3.8) is 0 Å². The molecule has 0 aromatic heterocycles. The number of carbonyl (C=O) groups is 1. The molecule has 1 aromatic carbocycles. The normalized spacial score (nSPS) is 10.4. The molecule has 94 valence electrons. The van der Waals surface area contributed by atoms with Crippen LogP contribution in [0.1, 0.15) is 13.8 Å². The first-order valence-electron chi connectivity index (χ1n) is 5.45. The van der Waals surface area contributed by atoms with Gasteiger partial charge in [0.15, 0.2) is 0 Å². The lowest BCUT2D eigenvalue weighted by molar-refractivity contribution is -0.119. The van der Waals surface area contributed by atoms with Gasteiger partial charge in [0, 0.05) is 6.54 Å². The molecule has 1 aromatic rings. The first-order chi connectivity index (χ1) is 8.00. The van der Waals surface area contributed by atoms with E-state index >= 15 is 0 Å². The van der Waals surface area contributed by atoms with Crippen molar-refractivity contribution in [3.05, 3.63) is 29.0 Å². The van der Waals surface area contributed by atoms with E-state index in [9.17, 15) is 9.18 Å². The Morgan fingerprint density at radius 2 is 2.18 bits per heavy atom. The highest BCUT2D eigenvalue weighted by Gasteiger charge is 2.08. The Balaban J connectivity index is 2.47. The molecular formula is C12H16ClFN2O. The molecule has 0 aliphatic heterocycles. The third-order valence-electron chi connectivity index (χ3n) is 2.10. The molecule has 0 fully saturated rings. The van der Waals surface area contributed by atoms with E-state index in [1.807, 2.05) is 13.8 Å². The van der Waals surface area contributed by atoms with Crippen molar-refractivity contribution in [2.75, 3.05) is 18.4 Å². The van der Waals surface area contributed by atoms with Gasteiger partial charge in [-0.05, 0) is 18.1 Å². The van der Waals surface area contributed by atoms with Gasteiger partial charge < -0.3 is 10.6 Å². The second-order valence-corrected chi connectivity index (χ2v) is 4.56. The van der Waals surface area contributed by atoms with Crippen LogP contribution in [-0.4, -0.2) is 19.0 Å². The van der Waals surface area contributed by atoms with Crippen LogP contribution in [0.15, 0.2) is 18.2 Å². The molecule has 0 aliphatic rings. The Hall–Kier alpha value is -1.29. The van der Waals surface area contributed by atoms with Crippen molar-refractivity contribution in [2.24, 2.45) is 5.92 Å². The zero-order valence-corrected chi connectivity index (χ0v) is 10.6. The molecule has 0 unspecified atom stereocenters. The fraction of sp³-hybridized carbons (Fsp3) is 0.417. The lowest BCUT2D eigenvalue weighted by Gasteiger charge is -2.10. The lowest BCUT2D eigenvalue weighted by Crippen LogP contribution is -2.32. The lowest BCUT2D eigenvalue weighted by atomic mass is 10.2. The molecule has 0 saturated carbocycles. The minimum Gasteiger partial charge on any atom is -0.373 e. The van der Waals surface area contributed by atoms with Crippen LogP contribution in [0.4, 0.5) is 10.1 Å². The van der Waals surface area contributed by atoms with Crippen LogP contribution in [0, 0.1) is 11.7 Å². The molecule has 0 bridgehead atoms. The number of nitrogens with one attached hydrogen (secondary N) is 2. The van der Waals surface area contributed by atoms with Crippen molar-refractivity contribution in [1.82, 2.24) is 5.32 Å². The molecule has 1 rings (SSSR count). The number of carbonyl (C=O) groups excluding carboxylic acids is 1. The van der Waals surface area contributed by atoms with Crippen LogP contribution >= 0.6 is 11.6 Å². The standard InChI is InChI=1S/C12H16ClFN2O/c1-8(2)6-15-11(17)7-16-12-9(13)4-3-5-10(12)14/h3-5,8,16H,6-7H2,1-2H3,(H,15,17). The molecule has 5 heteroatoms. The molecule has 0 aliphatic carbocycles. The number of amides is 1. The van der Waals surface area contributed by atoms with Crippen molar-refractivity contribution < 1.29 is 9.18 Å². The number of halogens is 2. The van der Waals surface area contributed by atoms with Gasteiger partial charge in [-0.15, -0.1) is 0 Å². The summed E-state index contributed by atoms with van der Waals surface area (Å²) in [4.78, 5) is 11.4. The Bertz CT molecular complexity index is 376. The summed E-state index contributed by atoms with van der Waals surface area (Å²) < 4.78 is 13.3. The highest BCUT2D eigenvalue weighted by Crippen LogP contribution is 2.23. The van der Waals surface area contributed by atoms with Crippen LogP contribution < -0.4 is 10.6 Å². The van der Waals surface area contributed by atoms with E-state index in [-0.39, 0.29) is 23.2 Å². The Labute approximate surface area is 105 Å². The predicted molar refractivity (Wildman–Crippen MR) is 67.7 cm³/mol. The molecule has 0 atom stereocenters. The summed E-state index contributed by atoms with van der Waals surface area (Å²) in [5, 5.41) is 5.68. The van der Waals surface area contributed by atoms with E-state index in [1.54, 1.807) is 6.07 Å². The summed E-state index contributed by atoms with van der Waals surface area (Å²) in [6.07, 6.45) is 0. The van der Waals surface area contributed by atoms with Gasteiger partial charge in [-0.2, -0.15) is 0 Å². The Morgan fingerprint density at radius 3 is 2.76 bits per heavy atom.